The molecule has 0 bridgehead atoms. The Labute approximate surface area is 206 Å². The van der Waals surface area contributed by atoms with E-state index in [1.165, 1.54) is 5.56 Å². The first-order valence-corrected chi connectivity index (χ1v) is 13.7. The Morgan fingerprint density at radius 3 is 2.48 bits per heavy atom. The van der Waals surface area contributed by atoms with Crippen molar-refractivity contribution < 1.29 is 4.21 Å². The Hall–Kier alpha value is -1.89. The molecular weight excluding hydrogens is 452 g/mol. The highest BCUT2D eigenvalue weighted by atomic mass is 35.5. The lowest BCUT2D eigenvalue weighted by Gasteiger charge is -2.40. The zero-order valence-corrected chi connectivity index (χ0v) is 22.3. The number of aryl methyl sites for hydroxylation is 1. The Bertz CT molecular complexity index is 1100. The molecule has 5 nitrogen and oxygen atoms in total. The Morgan fingerprint density at radius 2 is 1.82 bits per heavy atom. The monoisotopic (exact) mass is 488 g/mol. The molecule has 1 aliphatic rings. The molecule has 0 spiro atoms. The molecular formula is C26H37ClN4OS. The van der Waals surface area contributed by atoms with Crippen molar-refractivity contribution in [1.82, 2.24) is 14.5 Å². The second-order valence-electron chi connectivity index (χ2n) is 9.09. The van der Waals surface area contributed by atoms with Crippen LogP contribution in [0.25, 0.3) is 16.7 Å². The molecule has 0 atom stereocenters. The lowest BCUT2D eigenvalue weighted by molar-refractivity contribution is 0.124. The van der Waals surface area contributed by atoms with Crippen LogP contribution in [0.2, 0.25) is 5.15 Å². The van der Waals surface area contributed by atoms with Crippen LogP contribution in [0.4, 0.5) is 5.69 Å². The molecule has 1 aliphatic heterocycles. The summed E-state index contributed by atoms with van der Waals surface area (Å²) in [4.78, 5) is 9.25. The maximum Gasteiger partial charge on any atom is 0.146 e. The molecule has 1 aromatic carbocycles. The van der Waals surface area contributed by atoms with Crippen LogP contribution >= 0.6 is 11.6 Å². The maximum atomic E-state index is 11.8. The van der Waals surface area contributed by atoms with Crippen LogP contribution in [-0.4, -0.2) is 62.9 Å². The highest BCUT2D eigenvalue weighted by Crippen LogP contribution is 2.30. The molecule has 0 radical (unpaired) electrons. The standard InChI is InChI=1S/C24H31ClN4OS.C2H6/c1-24(2,28-12-14-31(30)15-13-28)11-10-18-17-29(23-21(18)8-9-22(25)26-23)20-7-5-6-19(16-20)27(3)4;1-2/h5-9,16-17H,10-15H2,1-4H3;1-2H3. The third-order valence-corrected chi connectivity index (χ3v) is 7.85. The fourth-order valence-electron chi connectivity index (χ4n) is 4.31. The van der Waals surface area contributed by atoms with Gasteiger partial charge in [-0.1, -0.05) is 31.5 Å². The summed E-state index contributed by atoms with van der Waals surface area (Å²) >= 11 is 6.27. The number of halogens is 1. The van der Waals surface area contributed by atoms with E-state index in [4.69, 9.17) is 11.6 Å². The van der Waals surface area contributed by atoms with E-state index in [0.29, 0.717) is 5.15 Å². The minimum absolute atomic E-state index is 0.0593. The summed E-state index contributed by atoms with van der Waals surface area (Å²) in [6.07, 6.45) is 4.19. The van der Waals surface area contributed by atoms with Gasteiger partial charge in [0.1, 0.15) is 10.8 Å². The molecule has 0 aliphatic carbocycles. The highest BCUT2D eigenvalue weighted by Gasteiger charge is 2.29. The molecule has 1 fully saturated rings. The van der Waals surface area contributed by atoms with Crippen molar-refractivity contribution in [2.24, 2.45) is 0 Å². The van der Waals surface area contributed by atoms with Crippen LogP contribution in [0.3, 0.4) is 0 Å². The average Bonchev–Trinajstić information content (AvgIpc) is 3.17. The van der Waals surface area contributed by atoms with Crippen molar-refractivity contribution in [2.75, 3.05) is 43.6 Å². The first kappa shape index (κ1) is 25.7. The van der Waals surface area contributed by atoms with Crippen LogP contribution < -0.4 is 4.90 Å². The van der Waals surface area contributed by atoms with E-state index in [1.54, 1.807) is 0 Å². The topological polar surface area (TPSA) is 41.4 Å². The minimum Gasteiger partial charge on any atom is -0.378 e. The largest absolute Gasteiger partial charge is 0.378 e. The highest BCUT2D eigenvalue weighted by molar-refractivity contribution is 7.85. The van der Waals surface area contributed by atoms with Crippen molar-refractivity contribution in [3.05, 3.63) is 53.3 Å². The molecule has 0 amide bonds. The Morgan fingerprint density at radius 1 is 1.12 bits per heavy atom. The average molecular weight is 489 g/mol. The fraction of sp³-hybridized carbons (Fsp3) is 0.500. The van der Waals surface area contributed by atoms with Gasteiger partial charge >= 0.3 is 0 Å². The second-order valence-corrected chi connectivity index (χ2v) is 11.2. The third kappa shape index (κ3) is 5.97. The molecule has 0 unspecified atom stereocenters. The summed E-state index contributed by atoms with van der Waals surface area (Å²) in [7, 11) is 3.45. The van der Waals surface area contributed by atoms with Gasteiger partial charge in [-0.15, -0.1) is 0 Å². The number of nitrogens with zero attached hydrogens (tertiary/aromatic N) is 4. The SMILES string of the molecule is CC.CN(C)c1cccc(-n2cc(CCC(C)(C)N3CCS(=O)CC3)c3ccc(Cl)nc32)c1. The first-order valence-electron chi connectivity index (χ1n) is 11.8. The predicted molar refractivity (Wildman–Crippen MR) is 144 cm³/mol. The van der Waals surface area contributed by atoms with Gasteiger partial charge in [0.25, 0.3) is 0 Å². The minimum atomic E-state index is -0.649. The van der Waals surface area contributed by atoms with Crippen molar-refractivity contribution in [3.8, 4) is 5.69 Å². The van der Waals surface area contributed by atoms with E-state index >= 15 is 0 Å². The summed E-state index contributed by atoms with van der Waals surface area (Å²) in [5, 5.41) is 1.65. The van der Waals surface area contributed by atoms with Crippen molar-refractivity contribution in [3.63, 3.8) is 0 Å². The number of pyridine rings is 1. The Kier molecular flexibility index (Phi) is 8.59. The van der Waals surface area contributed by atoms with Crippen LogP contribution in [0.5, 0.6) is 0 Å². The first-order chi connectivity index (χ1) is 15.7. The summed E-state index contributed by atoms with van der Waals surface area (Å²) in [6, 6.07) is 12.4. The lowest BCUT2D eigenvalue weighted by Crippen LogP contribution is -2.50. The van der Waals surface area contributed by atoms with Gasteiger partial charge < -0.3 is 9.47 Å². The van der Waals surface area contributed by atoms with E-state index < -0.39 is 10.8 Å². The molecule has 3 aromatic rings. The number of rotatable bonds is 6. The summed E-state index contributed by atoms with van der Waals surface area (Å²) < 4.78 is 13.9. The van der Waals surface area contributed by atoms with E-state index in [9.17, 15) is 4.21 Å². The lowest BCUT2D eigenvalue weighted by atomic mass is 9.93. The molecule has 0 saturated carbocycles. The number of fused-ring (bicyclic) bond motifs is 1. The summed E-state index contributed by atoms with van der Waals surface area (Å²) in [6.45, 7) is 10.4. The van der Waals surface area contributed by atoms with Crippen LogP contribution in [0, 0.1) is 0 Å². The molecule has 180 valence electrons. The number of hydrogen-bond donors (Lipinski definition) is 0. The molecule has 33 heavy (non-hydrogen) atoms. The quantitative estimate of drug-likeness (QED) is 0.427. The van der Waals surface area contributed by atoms with Gasteiger partial charge in [0.15, 0.2) is 0 Å². The van der Waals surface area contributed by atoms with Gasteiger partial charge in [0.05, 0.1) is 0 Å². The van der Waals surface area contributed by atoms with Gasteiger partial charge in [0, 0.05) is 78.0 Å². The smallest absolute Gasteiger partial charge is 0.146 e. The fourth-order valence-corrected chi connectivity index (χ4v) is 5.50. The summed E-state index contributed by atoms with van der Waals surface area (Å²) in [5.74, 6) is 1.57. The number of anilines is 1. The zero-order chi connectivity index (χ0) is 24.2. The molecule has 1 saturated heterocycles. The number of aromatic nitrogens is 2. The predicted octanol–water partition coefficient (Wildman–Crippen LogP) is 5.55. The maximum absolute atomic E-state index is 11.8. The van der Waals surface area contributed by atoms with E-state index in [2.05, 4.69) is 69.7 Å². The van der Waals surface area contributed by atoms with Crippen LogP contribution in [0.15, 0.2) is 42.6 Å². The molecule has 2 aromatic heterocycles. The van der Waals surface area contributed by atoms with Crippen molar-refractivity contribution >= 4 is 39.1 Å². The van der Waals surface area contributed by atoms with Gasteiger partial charge in [-0.05, 0) is 62.6 Å². The van der Waals surface area contributed by atoms with E-state index in [-0.39, 0.29) is 5.54 Å². The van der Waals surface area contributed by atoms with Crippen molar-refractivity contribution in [1.29, 1.82) is 0 Å². The normalized spacial score (nSPS) is 15.4. The van der Waals surface area contributed by atoms with Gasteiger partial charge in [-0.2, -0.15) is 0 Å². The summed E-state index contributed by atoms with van der Waals surface area (Å²) in [5.41, 5.74) is 4.46. The Balaban J connectivity index is 0.00000149. The van der Waals surface area contributed by atoms with Crippen LogP contribution in [-0.2, 0) is 17.2 Å². The number of hydrogen-bond acceptors (Lipinski definition) is 4. The second kappa shape index (κ2) is 11.0. The zero-order valence-electron chi connectivity index (χ0n) is 20.8. The van der Waals surface area contributed by atoms with Crippen molar-refractivity contribution in [2.45, 2.75) is 46.1 Å². The van der Waals surface area contributed by atoms with Gasteiger partial charge in [0.2, 0.25) is 0 Å². The van der Waals surface area contributed by atoms with Gasteiger partial charge in [-0.25, -0.2) is 4.98 Å². The third-order valence-electron chi connectivity index (χ3n) is 6.36. The molecule has 3 heterocycles. The number of benzene rings is 1. The molecule has 4 rings (SSSR count). The van der Waals surface area contributed by atoms with Crippen LogP contribution in [0.1, 0.15) is 39.7 Å². The molecule has 7 heteroatoms. The van der Waals surface area contributed by atoms with E-state index in [0.717, 1.165) is 59.8 Å². The van der Waals surface area contributed by atoms with Gasteiger partial charge in [-0.3, -0.25) is 9.11 Å². The van der Waals surface area contributed by atoms with E-state index in [1.807, 2.05) is 34.0 Å². The molecule has 0 N–H and O–H groups in total.